The summed E-state index contributed by atoms with van der Waals surface area (Å²) in [6.45, 7) is 0. The molecule has 0 saturated heterocycles. The van der Waals surface area contributed by atoms with Crippen LogP contribution in [0.25, 0.3) is 0 Å². The molecule has 96 valence electrons. The summed E-state index contributed by atoms with van der Waals surface area (Å²) in [4.78, 5) is 11.0. The highest BCUT2D eigenvalue weighted by Crippen LogP contribution is 2.55. The lowest BCUT2D eigenvalue weighted by atomic mass is 9.70. The number of carboxylic acids is 1. The van der Waals surface area contributed by atoms with Crippen LogP contribution >= 0.6 is 0 Å². The molecule has 2 N–H and O–H groups in total. The molecule has 0 amide bonds. The van der Waals surface area contributed by atoms with E-state index in [1.807, 2.05) is 6.07 Å². The van der Waals surface area contributed by atoms with E-state index in [9.17, 15) is 9.90 Å². The van der Waals surface area contributed by atoms with Gasteiger partial charge in [-0.2, -0.15) is 0 Å². The maximum atomic E-state index is 11.1. The Morgan fingerprint density at radius 2 is 1.83 bits per heavy atom. The standard InChI is InChI=1S/C15H18O3/c16-14(17)10-3-1-6-13(9-10)15(18)11-4-2-5-12(15)8-7-11/h1,3,6,9,11-12,18H,2,4-5,7-8H2,(H,16,17)/t11-,12+,15?. The van der Waals surface area contributed by atoms with Gasteiger partial charge in [-0.15, -0.1) is 0 Å². The van der Waals surface area contributed by atoms with Gasteiger partial charge in [0.2, 0.25) is 0 Å². The summed E-state index contributed by atoms with van der Waals surface area (Å²) in [5.74, 6) is -0.316. The zero-order chi connectivity index (χ0) is 12.8. The van der Waals surface area contributed by atoms with E-state index in [-0.39, 0.29) is 5.56 Å². The zero-order valence-electron chi connectivity index (χ0n) is 10.3. The van der Waals surface area contributed by atoms with Crippen LogP contribution in [0.3, 0.4) is 0 Å². The number of carboxylic acid groups (broad SMARTS) is 1. The van der Waals surface area contributed by atoms with Gasteiger partial charge in [0, 0.05) is 0 Å². The summed E-state index contributed by atoms with van der Waals surface area (Å²) >= 11 is 0. The molecule has 2 aliphatic rings. The van der Waals surface area contributed by atoms with Crippen LogP contribution in [-0.4, -0.2) is 16.2 Å². The van der Waals surface area contributed by atoms with Crippen LogP contribution in [0.2, 0.25) is 0 Å². The number of fused-ring (bicyclic) bond motifs is 2. The first-order valence-electron chi connectivity index (χ1n) is 6.68. The molecule has 2 bridgehead atoms. The normalized spacial score (nSPS) is 34.5. The lowest BCUT2D eigenvalue weighted by Gasteiger charge is -2.40. The average Bonchev–Trinajstić information content (AvgIpc) is 2.58. The number of hydrogen-bond acceptors (Lipinski definition) is 2. The molecule has 1 aromatic rings. The molecule has 3 atom stereocenters. The number of carbonyl (C=O) groups is 1. The Morgan fingerprint density at radius 1 is 1.17 bits per heavy atom. The van der Waals surface area contributed by atoms with Gasteiger partial charge in [-0.1, -0.05) is 18.6 Å². The topological polar surface area (TPSA) is 57.5 Å². The van der Waals surface area contributed by atoms with E-state index in [0.717, 1.165) is 31.2 Å². The van der Waals surface area contributed by atoms with Crippen LogP contribution in [0, 0.1) is 11.8 Å². The molecule has 18 heavy (non-hydrogen) atoms. The summed E-state index contributed by atoms with van der Waals surface area (Å²) in [6, 6.07) is 6.85. The second-order valence-electron chi connectivity index (χ2n) is 5.61. The third kappa shape index (κ3) is 1.57. The number of benzene rings is 1. The second kappa shape index (κ2) is 4.09. The monoisotopic (exact) mass is 246 g/mol. The molecule has 3 rings (SSSR count). The van der Waals surface area contributed by atoms with Crippen molar-refractivity contribution in [2.24, 2.45) is 11.8 Å². The largest absolute Gasteiger partial charge is 0.478 e. The second-order valence-corrected chi connectivity index (χ2v) is 5.61. The van der Waals surface area contributed by atoms with E-state index in [1.165, 1.54) is 6.42 Å². The van der Waals surface area contributed by atoms with Crippen molar-refractivity contribution >= 4 is 5.97 Å². The molecule has 0 radical (unpaired) electrons. The molecule has 1 aromatic carbocycles. The maximum absolute atomic E-state index is 11.1. The Morgan fingerprint density at radius 3 is 2.44 bits per heavy atom. The molecule has 2 aliphatic carbocycles. The third-order valence-corrected chi connectivity index (χ3v) is 4.79. The molecule has 0 aromatic heterocycles. The van der Waals surface area contributed by atoms with Crippen LogP contribution in [0.15, 0.2) is 24.3 Å². The first-order valence-corrected chi connectivity index (χ1v) is 6.68. The van der Waals surface area contributed by atoms with Gasteiger partial charge in [-0.25, -0.2) is 4.79 Å². The van der Waals surface area contributed by atoms with Gasteiger partial charge < -0.3 is 10.2 Å². The SMILES string of the molecule is O=C(O)c1cccc(C2(O)[C@@H]3CCC[C@H]2CC3)c1. The van der Waals surface area contributed by atoms with Gasteiger partial charge in [0.05, 0.1) is 11.2 Å². The number of aromatic carboxylic acids is 1. The molecule has 3 nitrogen and oxygen atoms in total. The first-order chi connectivity index (χ1) is 8.62. The van der Waals surface area contributed by atoms with E-state index in [0.29, 0.717) is 11.8 Å². The van der Waals surface area contributed by atoms with E-state index in [2.05, 4.69) is 0 Å². The molecule has 0 spiro atoms. The summed E-state index contributed by atoms with van der Waals surface area (Å²) < 4.78 is 0. The predicted octanol–water partition coefficient (Wildman–Crippen LogP) is 2.78. The fraction of sp³-hybridized carbons (Fsp3) is 0.533. The Balaban J connectivity index is 2.03. The first kappa shape index (κ1) is 11.7. The fourth-order valence-electron chi connectivity index (χ4n) is 3.89. The molecule has 3 heteroatoms. The minimum atomic E-state index is -0.927. The van der Waals surface area contributed by atoms with E-state index < -0.39 is 11.6 Å². The summed E-state index contributed by atoms with van der Waals surface area (Å²) in [7, 11) is 0. The summed E-state index contributed by atoms with van der Waals surface area (Å²) in [5, 5.41) is 20.1. The van der Waals surface area contributed by atoms with Gasteiger partial charge in [-0.05, 0) is 55.2 Å². The maximum Gasteiger partial charge on any atom is 0.335 e. The minimum Gasteiger partial charge on any atom is -0.478 e. The van der Waals surface area contributed by atoms with Crippen LogP contribution in [0.5, 0.6) is 0 Å². The lowest BCUT2D eigenvalue weighted by Crippen LogP contribution is -2.39. The van der Waals surface area contributed by atoms with Crippen LogP contribution in [0.4, 0.5) is 0 Å². The Hall–Kier alpha value is -1.35. The van der Waals surface area contributed by atoms with Gasteiger partial charge in [0.1, 0.15) is 0 Å². The Bertz CT molecular complexity index is 464. The van der Waals surface area contributed by atoms with E-state index in [1.54, 1.807) is 18.2 Å². The van der Waals surface area contributed by atoms with E-state index >= 15 is 0 Å². The number of hydrogen-bond donors (Lipinski definition) is 2. The van der Waals surface area contributed by atoms with Crippen molar-refractivity contribution in [2.45, 2.75) is 37.7 Å². The number of rotatable bonds is 2. The third-order valence-electron chi connectivity index (χ3n) is 4.79. The van der Waals surface area contributed by atoms with Gasteiger partial charge in [0.25, 0.3) is 0 Å². The van der Waals surface area contributed by atoms with Crippen molar-refractivity contribution in [3.8, 4) is 0 Å². The van der Waals surface area contributed by atoms with Crippen molar-refractivity contribution in [2.75, 3.05) is 0 Å². The average molecular weight is 246 g/mol. The van der Waals surface area contributed by atoms with Gasteiger partial charge >= 0.3 is 5.97 Å². The smallest absolute Gasteiger partial charge is 0.335 e. The van der Waals surface area contributed by atoms with E-state index in [4.69, 9.17) is 5.11 Å². The van der Waals surface area contributed by atoms with Crippen molar-refractivity contribution in [3.05, 3.63) is 35.4 Å². The highest BCUT2D eigenvalue weighted by Gasteiger charge is 2.51. The molecule has 1 unspecified atom stereocenters. The summed E-state index contributed by atoms with van der Waals surface area (Å²) in [5.41, 5.74) is 0.282. The van der Waals surface area contributed by atoms with Crippen LogP contribution < -0.4 is 0 Å². The predicted molar refractivity (Wildman–Crippen MR) is 67.4 cm³/mol. The van der Waals surface area contributed by atoms with Crippen molar-refractivity contribution in [1.29, 1.82) is 0 Å². The molecule has 0 heterocycles. The van der Waals surface area contributed by atoms with Gasteiger partial charge in [-0.3, -0.25) is 0 Å². The van der Waals surface area contributed by atoms with Crippen LogP contribution in [-0.2, 0) is 5.60 Å². The van der Waals surface area contributed by atoms with Crippen molar-refractivity contribution in [3.63, 3.8) is 0 Å². The number of aliphatic hydroxyl groups is 1. The van der Waals surface area contributed by atoms with Crippen LogP contribution in [0.1, 0.15) is 48.0 Å². The Kier molecular flexibility index (Phi) is 2.67. The van der Waals surface area contributed by atoms with Gasteiger partial charge in [0.15, 0.2) is 0 Å². The quantitative estimate of drug-likeness (QED) is 0.843. The highest BCUT2D eigenvalue weighted by molar-refractivity contribution is 5.87. The Labute approximate surface area is 106 Å². The van der Waals surface area contributed by atoms with Crippen molar-refractivity contribution in [1.82, 2.24) is 0 Å². The highest BCUT2D eigenvalue weighted by atomic mass is 16.4. The molecule has 2 fully saturated rings. The fourth-order valence-corrected chi connectivity index (χ4v) is 3.89. The zero-order valence-corrected chi connectivity index (χ0v) is 10.3. The minimum absolute atomic E-state index is 0.269. The molecule has 2 saturated carbocycles. The molecular weight excluding hydrogens is 228 g/mol. The summed E-state index contributed by atoms with van der Waals surface area (Å²) in [6.07, 6.45) is 5.45. The lowest BCUT2D eigenvalue weighted by molar-refractivity contribution is -0.0658. The molecular formula is C15H18O3. The van der Waals surface area contributed by atoms with Crippen molar-refractivity contribution < 1.29 is 15.0 Å². The molecule has 0 aliphatic heterocycles.